The van der Waals surface area contributed by atoms with Crippen molar-refractivity contribution in [2.75, 3.05) is 11.9 Å². The summed E-state index contributed by atoms with van der Waals surface area (Å²) in [6.45, 7) is 4.52. The van der Waals surface area contributed by atoms with Gasteiger partial charge in [0.25, 0.3) is 0 Å². The van der Waals surface area contributed by atoms with Crippen molar-refractivity contribution in [2.45, 2.75) is 39.2 Å². The van der Waals surface area contributed by atoms with Crippen LogP contribution in [0.3, 0.4) is 0 Å². The minimum absolute atomic E-state index is 0.0735. The summed E-state index contributed by atoms with van der Waals surface area (Å²) >= 11 is 0. The predicted octanol–water partition coefficient (Wildman–Crippen LogP) is 1.73. The highest BCUT2D eigenvalue weighted by molar-refractivity contribution is 5.97. The Morgan fingerprint density at radius 1 is 1.53 bits per heavy atom. The van der Waals surface area contributed by atoms with E-state index in [4.69, 9.17) is 0 Å². The smallest absolute Gasteiger partial charge is 0.247 e. The number of nitrogens with one attached hydrogen (secondary N) is 1. The van der Waals surface area contributed by atoms with Gasteiger partial charge in [-0.05, 0) is 31.4 Å². The van der Waals surface area contributed by atoms with E-state index in [-0.39, 0.29) is 17.9 Å². The molecule has 1 unspecified atom stereocenters. The van der Waals surface area contributed by atoms with Crippen molar-refractivity contribution >= 4 is 17.5 Å². The zero-order valence-corrected chi connectivity index (χ0v) is 11.3. The number of aryl methyl sites for hydroxylation is 1. The Labute approximate surface area is 113 Å². The fourth-order valence-electron chi connectivity index (χ4n) is 2.39. The van der Waals surface area contributed by atoms with Crippen molar-refractivity contribution in [3.05, 3.63) is 24.0 Å². The molecule has 5 nitrogen and oxygen atoms in total. The van der Waals surface area contributed by atoms with Crippen LogP contribution in [-0.2, 0) is 9.59 Å². The normalized spacial score (nSPS) is 16.5. The molecule has 1 aliphatic heterocycles. The highest BCUT2D eigenvalue weighted by atomic mass is 16.2. The molecule has 1 aliphatic rings. The molecular formula is C14H19N3O2. The summed E-state index contributed by atoms with van der Waals surface area (Å²) in [7, 11) is 0. The molecule has 1 atom stereocenters. The van der Waals surface area contributed by atoms with Crippen LogP contribution >= 0.6 is 0 Å². The average molecular weight is 261 g/mol. The average Bonchev–Trinajstić information content (AvgIpc) is 2.77. The van der Waals surface area contributed by atoms with Gasteiger partial charge in [-0.15, -0.1) is 0 Å². The fourth-order valence-corrected chi connectivity index (χ4v) is 2.39. The van der Waals surface area contributed by atoms with Gasteiger partial charge in [-0.25, -0.2) is 0 Å². The van der Waals surface area contributed by atoms with E-state index in [0.717, 1.165) is 12.0 Å². The first kappa shape index (κ1) is 13.5. The minimum Gasteiger partial charge on any atom is -0.331 e. The standard InChI is InChI=1S/C14H19N3O2/c1-3-12(17-6-4-5-13(17)18)14(19)16-11-7-10(2)8-15-9-11/h7-9,12H,3-6H2,1-2H3,(H,16,19). The third kappa shape index (κ3) is 3.10. The maximum atomic E-state index is 12.3. The number of likely N-dealkylation sites (tertiary alicyclic amines) is 1. The number of aromatic nitrogens is 1. The Bertz CT molecular complexity index is 487. The largest absolute Gasteiger partial charge is 0.331 e. The maximum absolute atomic E-state index is 12.3. The monoisotopic (exact) mass is 261 g/mol. The SMILES string of the molecule is CCC(C(=O)Nc1cncc(C)c1)N1CCCC1=O. The Kier molecular flexibility index (Phi) is 4.14. The van der Waals surface area contributed by atoms with Gasteiger partial charge in [-0.3, -0.25) is 14.6 Å². The third-order valence-electron chi connectivity index (χ3n) is 3.32. The number of pyridine rings is 1. The van der Waals surface area contributed by atoms with E-state index in [2.05, 4.69) is 10.3 Å². The van der Waals surface area contributed by atoms with Crippen LogP contribution in [0, 0.1) is 6.92 Å². The van der Waals surface area contributed by atoms with Gasteiger partial charge in [0.1, 0.15) is 6.04 Å². The number of carbonyl (C=O) groups is 2. The lowest BCUT2D eigenvalue weighted by Crippen LogP contribution is -2.44. The van der Waals surface area contributed by atoms with E-state index in [9.17, 15) is 9.59 Å². The fraction of sp³-hybridized carbons (Fsp3) is 0.500. The van der Waals surface area contributed by atoms with E-state index in [1.165, 1.54) is 0 Å². The van der Waals surface area contributed by atoms with Gasteiger partial charge in [0, 0.05) is 19.2 Å². The molecule has 1 N–H and O–H groups in total. The lowest BCUT2D eigenvalue weighted by molar-refractivity contribution is -0.135. The number of nitrogens with zero attached hydrogens (tertiary/aromatic N) is 2. The molecule has 5 heteroatoms. The van der Waals surface area contributed by atoms with Crippen molar-refractivity contribution < 1.29 is 9.59 Å². The molecule has 0 radical (unpaired) electrons. The highest BCUT2D eigenvalue weighted by Crippen LogP contribution is 2.17. The first-order valence-corrected chi connectivity index (χ1v) is 6.63. The van der Waals surface area contributed by atoms with Crippen LogP contribution < -0.4 is 5.32 Å². The second kappa shape index (κ2) is 5.82. The van der Waals surface area contributed by atoms with Crippen LogP contribution in [0.5, 0.6) is 0 Å². The van der Waals surface area contributed by atoms with Crippen LogP contribution in [-0.4, -0.2) is 34.3 Å². The number of rotatable bonds is 4. The van der Waals surface area contributed by atoms with Gasteiger partial charge >= 0.3 is 0 Å². The minimum atomic E-state index is -0.379. The van der Waals surface area contributed by atoms with Gasteiger partial charge in [0.15, 0.2) is 0 Å². The van der Waals surface area contributed by atoms with Crippen molar-refractivity contribution in [1.82, 2.24) is 9.88 Å². The molecule has 1 aromatic rings. The van der Waals surface area contributed by atoms with Crippen molar-refractivity contribution in [3.63, 3.8) is 0 Å². The zero-order valence-electron chi connectivity index (χ0n) is 11.3. The number of hydrogen-bond donors (Lipinski definition) is 1. The van der Waals surface area contributed by atoms with E-state index < -0.39 is 0 Å². The number of amides is 2. The summed E-state index contributed by atoms with van der Waals surface area (Å²) in [6.07, 6.45) is 5.36. The molecule has 2 heterocycles. The van der Waals surface area contributed by atoms with E-state index >= 15 is 0 Å². The number of hydrogen-bond acceptors (Lipinski definition) is 3. The molecular weight excluding hydrogens is 242 g/mol. The molecule has 0 bridgehead atoms. The molecule has 2 amide bonds. The molecule has 19 heavy (non-hydrogen) atoms. The second-order valence-electron chi connectivity index (χ2n) is 4.85. The molecule has 2 rings (SSSR count). The Hall–Kier alpha value is -1.91. The first-order valence-electron chi connectivity index (χ1n) is 6.63. The Morgan fingerprint density at radius 2 is 2.32 bits per heavy atom. The van der Waals surface area contributed by atoms with Gasteiger partial charge in [0.2, 0.25) is 11.8 Å². The van der Waals surface area contributed by atoms with Gasteiger partial charge in [-0.2, -0.15) is 0 Å². The molecule has 0 aliphatic carbocycles. The van der Waals surface area contributed by atoms with Crippen LogP contribution in [0.1, 0.15) is 31.7 Å². The Balaban J connectivity index is 2.07. The summed E-state index contributed by atoms with van der Waals surface area (Å²) < 4.78 is 0. The predicted molar refractivity (Wildman–Crippen MR) is 72.6 cm³/mol. The summed E-state index contributed by atoms with van der Waals surface area (Å²) in [5, 5.41) is 2.84. The third-order valence-corrected chi connectivity index (χ3v) is 3.32. The van der Waals surface area contributed by atoms with Crippen molar-refractivity contribution in [2.24, 2.45) is 0 Å². The molecule has 1 aromatic heterocycles. The number of carbonyl (C=O) groups excluding carboxylic acids is 2. The van der Waals surface area contributed by atoms with Gasteiger partial charge < -0.3 is 10.2 Å². The first-order chi connectivity index (χ1) is 9.11. The van der Waals surface area contributed by atoms with Crippen molar-refractivity contribution in [1.29, 1.82) is 0 Å². The molecule has 0 spiro atoms. The quantitative estimate of drug-likeness (QED) is 0.897. The lowest BCUT2D eigenvalue weighted by atomic mass is 10.1. The summed E-state index contributed by atoms with van der Waals surface area (Å²) in [6, 6.07) is 1.49. The summed E-state index contributed by atoms with van der Waals surface area (Å²) in [5.41, 5.74) is 1.66. The van der Waals surface area contributed by atoms with E-state index in [1.807, 2.05) is 19.9 Å². The van der Waals surface area contributed by atoms with Crippen LogP contribution in [0.2, 0.25) is 0 Å². The molecule has 0 saturated carbocycles. The van der Waals surface area contributed by atoms with Crippen LogP contribution in [0.25, 0.3) is 0 Å². The summed E-state index contributed by atoms with van der Waals surface area (Å²) in [4.78, 5) is 29.7. The maximum Gasteiger partial charge on any atom is 0.247 e. The van der Waals surface area contributed by atoms with Crippen LogP contribution in [0.15, 0.2) is 18.5 Å². The molecule has 1 saturated heterocycles. The van der Waals surface area contributed by atoms with Gasteiger partial charge in [-0.1, -0.05) is 6.92 Å². The highest BCUT2D eigenvalue weighted by Gasteiger charge is 2.31. The summed E-state index contributed by atoms with van der Waals surface area (Å²) in [5.74, 6) is -0.0606. The molecule has 0 aromatic carbocycles. The van der Waals surface area contributed by atoms with E-state index in [0.29, 0.717) is 25.1 Å². The molecule has 102 valence electrons. The van der Waals surface area contributed by atoms with Gasteiger partial charge in [0.05, 0.1) is 11.9 Å². The Morgan fingerprint density at radius 3 is 2.89 bits per heavy atom. The lowest BCUT2D eigenvalue weighted by Gasteiger charge is -2.25. The van der Waals surface area contributed by atoms with Crippen LogP contribution in [0.4, 0.5) is 5.69 Å². The topological polar surface area (TPSA) is 62.3 Å². The number of anilines is 1. The van der Waals surface area contributed by atoms with Crippen molar-refractivity contribution in [3.8, 4) is 0 Å². The van der Waals surface area contributed by atoms with E-state index in [1.54, 1.807) is 17.3 Å². The second-order valence-corrected chi connectivity index (χ2v) is 4.85. The molecule has 1 fully saturated rings. The zero-order chi connectivity index (χ0) is 13.8.